The van der Waals surface area contributed by atoms with Gasteiger partial charge < -0.3 is 4.90 Å². The van der Waals surface area contributed by atoms with Crippen molar-refractivity contribution in [1.82, 2.24) is 9.88 Å². The van der Waals surface area contributed by atoms with Gasteiger partial charge in [0.25, 0.3) is 0 Å². The van der Waals surface area contributed by atoms with E-state index in [1.807, 2.05) is 6.20 Å². The van der Waals surface area contributed by atoms with Crippen molar-refractivity contribution in [3.8, 4) is 0 Å². The van der Waals surface area contributed by atoms with E-state index in [0.717, 1.165) is 39.0 Å². The average Bonchev–Trinajstić information content (AvgIpc) is 2.62. The van der Waals surface area contributed by atoms with Gasteiger partial charge in [-0.2, -0.15) is 0 Å². The zero-order chi connectivity index (χ0) is 16.5. The molecule has 1 aromatic heterocycles. The van der Waals surface area contributed by atoms with Gasteiger partial charge in [0.15, 0.2) is 0 Å². The van der Waals surface area contributed by atoms with E-state index in [0.29, 0.717) is 6.04 Å². The maximum atomic E-state index is 4.78. The first-order valence-corrected chi connectivity index (χ1v) is 9.74. The molecule has 2 aromatic rings. The Morgan fingerprint density at radius 1 is 1.21 bits per heavy atom. The van der Waals surface area contributed by atoms with Gasteiger partial charge in [-0.05, 0) is 51.9 Å². The van der Waals surface area contributed by atoms with E-state index in [9.17, 15) is 0 Å². The van der Waals surface area contributed by atoms with Crippen LogP contribution < -0.4 is 4.90 Å². The molecule has 0 N–H and O–H groups in total. The Hall–Kier alpha value is -1.39. The second-order valence-corrected chi connectivity index (χ2v) is 7.70. The summed E-state index contributed by atoms with van der Waals surface area (Å²) >= 11 is 3.68. The first kappa shape index (κ1) is 16.1. The Morgan fingerprint density at radius 3 is 2.83 bits per heavy atom. The summed E-state index contributed by atoms with van der Waals surface area (Å²) in [5.41, 5.74) is 4.34. The highest BCUT2D eigenvalue weighted by molar-refractivity contribution is 9.10. The van der Waals surface area contributed by atoms with Gasteiger partial charge in [0.1, 0.15) is 5.82 Å². The van der Waals surface area contributed by atoms with E-state index < -0.39 is 0 Å². The molecule has 1 atom stereocenters. The number of aromatic nitrogens is 1. The lowest BCUT2D eigenvalue weighted by Gasteiger charge is -2.45. The van der Waals surface area contributed by atoms with Crippen LogP contribution in [0, 0.1) is 0 Å². The molecule has 0 amide bonds. The lowest BCUT2D eigenvalue weighted by molar-refractivity contribution is 0.205. The third-order valence-electron chi connectivity index (χ3n) is 5.39. The second kappa shape index (κ2) is 6.85. The minimum absolute atomic E-state index is 0.605. The molecule has 4 heteroatoms. The topological polar surface area (TPSA) is 19.4 Å². The van der Waals surface area contributed by atoms with E-state index in [1.165, 1.54) is 33.4 Å². The molecule has 0 spiro atoms. The zero-order valence-corrected chi connectivity index (χ0v) is 15.8. The van der Waals surface area contributed by atoms with Crippen molar-refractivity contribution in [3.63, 3.8) is 0 Å². The van der Waals surface area contributed by atoms with Crippen LogP contribution in [0.4, 0.5) is 5.82 Å². The van der Waals surface area contributed by atoms with Crippen molar-refractivity contribution in [2.45, 2.75) is 38.8 Å². The number of anilines is 1. The van der Waals surface area contributed by atoms with Crippen molar-refractivity contribution < 1.29 is 0 Å². The van der Waals surface area contributed by atoms with E-state index in [1.54, 1.807) is 0 Å². The third kappa shape index (κ3) is 2.98. The molecule has 0 radical (unpaired) electrons. The lowest BCUT2D eigenvalue weighted by atomic mass is 9.92. The lowest BCUT2D eigenvalue weighted by Crippen LogP contribution is -2.55. The summed E-state index contributed by atoms with van der Waals surface area (Å²) in [4.78, 5) is 9.94. The Labute approximate surface area is 152 Å². The number of piperazine rings is 1. The quantitative estimate of drug-likeness (QED) is 0.794. The zero-order valence-electron chi connectivity index (χ0n) is 14.2. The van der Waals surface area contributed by atoms with Gasteiger partial charge >= 0.3 is 0 Å². The Balaban J connectivity index is 1.52. The van der Waals surface area contributed by atoms with Gasteiger partial charge in [0.05, 0.1) is 0 Å². The summed E-state index contributed by atoms with van der Waals surface area (Å²) in [6, 6.07) is 11.4. The third-order valence-corrected chi connectivity index (χ3v) is 6.08. The minimum Gasteiger partial charge on any atom is -0.351 e. The minimum atomic E-state index is 0.605. The molecule has 4 rings (SSSR count). The van der Waals surface area contributed by atoms with E-state index in [-0.39, 0.29) is 0 Å². The first-order chi connectivity index (χ1) is 11.8. The largest absolute Gasteiger partial charge is 0.351 e. The molecule has 3 heterocycles. The summed E-state index contributed by atoms with van der Waals surface area (Å²) in [6.45, 7) is 6.65. The highest BCUT2D eigenvalue weighted by Gasteiger charge is 2.33. The molecule has 0 aliphatic carbocycles. The fourth-order valence-electron chi connectivity index (χ4n) is 4.19. The van der Waals surface area contributed by atoms with Crippen molar-refractivity contribution in [2.24, 2.45) is 0 Å². The van der Waals surface area contributed by atoms with Gasteiger partial charge in [-0.15, -0.1) is 0 Å². The Kier molecular flexibility index (Phi) is 4.59. The maximum absolute atomic E-state index is 4.78. The van der Waals surface area contributed by atoms with E-state index in [2.05, 4.69) is 63.0 Å². The van der Waals surface area contributed by atoms with Crippen LogP contribution in [0.15, 0.2) is 41.0 Å². The van der Waals surface area contributed by atoms with Crippen molar-refractivity contribution in [3.05, 3.63) is 57.7 Å². The van der Waals surface area contributed by atoms with Crippen LogP contribution in [0.1, 0.15) is 30.0 Å². The highest BCUT2D eigenvalue weighted by atomic mass is 79.9. The summed E-state index contributed by atoms with van der Waals surface area (Å²) < 4.78 is 1.17. The SMILES string of the molecule is CCc1c(Br)cnc2c1CCC1CN(Cc3ccccc3)CCN21. The molecule has 1 fully saturated rings. The van der Waals surface area contributed by atoms with Crippen LogP contribution in [0.3, 0.4) is 0 Å². The molecular weight excluding hydrogens is 362 g/mol. The van der Waals surface area contributed by atoms with Gasteiger partial charge in [0, 0.05) is 42.9 Å². The average molecular weight is 386 g/mol. The molecule has 2 aliphatic rings. The molecular formula is C20H24BrN3. The molecule has 0 saturated carbocycles. The number of pyridine rings is 1. The number of benzene rings is 1. The predicted octanol–water partition coefficient (Wildman–Crippen LogP) is 4.04. The molecule has 0 bridgehead atoms. The highest BCUT2D eigenvalue weighted by Crippen LogP contribution is 2.36. The molecule has 2 aliphatic heterocycles. The van der Waals surface area contributed by atoms with Crippen LogP contribution >= 0.6 is 15.9 Å². The normalized spacial score (nSPS) is 20.6. The monoisotopic (exact) mass is 385 g/mol. The molecule has 1 saturated heterocycles. The molecule has 3 nitrogen and oxygen atoms in total. The fraction of sp³-hybridized carbons (Fsp3) is 0.450. The number of hydrogen-bond acceptors (Lipinski definition) is 3. The van der Waals surface area contributed by atoms with Crippen molar-refractivity contribution in [2.75, 3.05) is 24.5 Å². The number of rotatable bonds is 3. The van der Waals surface area contributed by atoms with Crippen LogP contribution in [0.25, 0.3) is 0 Å². The molecule has 126 valence electrons. The van der Waals surface area contributed by atoms with Gasteiger partial charge in [-0.1, -0.05) is 37.3 Å². The van der Waals surface area contributed by atoms with Gasteiger partial charge in [0.2, 0.25) is 0 Å². The van der Waals surface area contributed by atoms with Crippen LogP contribution in [-0.4, -0.2) is 35.6 Å². The summed E-state index contributed by atoms with van der Waals surface area (Å²) in [6.07, 6.45) is 5.47. The number of fused-ring (bicyclic) bond motifs is 3. The summed E-state index contributed by atoms with van der Waals surface area (Å²) in [5.74, 6) is 1.24. The molecule has 24 heavy (non-hydrogen) atoms. The Morgan fingerprint density at radius 2 is 2.04 bits per heavy atom. The van der Waals surface area contributed by atoms with E-state index >= 15 is 0 Å². The summed E-state index contributed by atoms with van der Waals surface area (Å²) in [7, 11) is 0. The maximum Gasteiger partial charge on any atom is 0.132 e. The Bertz CT molecular complexity index is 716. The van der Waals surface area contributed by atoms with Gasteiger partial charge in [-0.3, -0.25) is 4.90 Å². The molecule has 1 aromatic carbocycles. The number of halogens is 1. The van der Waals surface area contributed by atoms with E-state index in [4.69, 9.17) is 4.98 Å². The number of hydrogen-bond donors (Lipinski definition) is 0. The standard InChI is InChI=1S/C20H24BrN3/c1-2-17-18-9-8-16-14-23(13-15-6-4-3-5-7-15)10-11-24(16)20(18)22-12-19(17)21/h3-7,12,16H,2,8-11,13-14H2,1H3. The van der Waals surface area contributed by atoms with Crippen LogP contribution in [0.2, 0.25) is 0 Å². The first-order valence-electron chi connectivity index (χ1n) is 8.95. The molecule has 1 unspecified atom stereocenters. The van der Waals surface area contributed by atoms with Crippen LogP contribution in [0.5, 0.6) is 0 Å². The smallest absolute Gasteiger partial charge is 0.132 e. The predicted molar refractivity (Wildman–Crippen MR) is 102 cm³/mol. The van der Waals surface area contributed by atoms with Crippen molar-refractivity contribution >= 4 is 21.7 Å². The fourth-order valence-corrected chi connectivity index (χ4v) is 4.81. The van der Waals surface area contributed by atoms with Gasteiger partial charge in [-0.25, -0.2) is 4.98 Å². The second-order valence-electron chi connectivity index (χ2n) is 6.85. The van der Waals surface area contributed by atoms with Crippen LogP contribution in [-0.2, 0) is 19.4 Å². The van der Waals surface area contributed by atoms with Crippen molar-refractivity contribution in [1.29, 1.82) is 0 Å². The number of nitrogens with zero attached hydrogens (tertiary/aromatic N) is 3. The summed E-state index contributed by atoms with van der Waals surface area (Å²) in [5, 5.41) is 0.